The summed E-state index contributed by atoms with van der Waals surface area (Å²) in [7, 11) is 1.91. The zero-order valence-electron chi connectivity index (χ0n) is 13.7. The molecule has 0 radical (unpaired) electrons. The Morgan fingerprint density at radius 2 is 1.95 bits per heavy atom. The highest BCUT2D eigenvalue weighted by Gasteiger charge is 2.34. The van der Waals surface area contributed by atoms with Crippen molar-refractivity contribution in [1.29, 1.82) is 0 Å². The summed E-state index contributed by atoms with van der Waals surface area (Å²) in [4.78, 5) is 2.45. The lowest BCUT2D eigenvalue weighted by Gasteiger charge is -2.39. The Labute approximate surface area is 133 Å². The monoisotopic (exact) mass is 313 g/mol. The van der Waals surface area contributed by atoms with Crippen LogP contribution >= 0.6 is 11.6 Å². The molecular formula is C16H28ClN3O. The highest BCUT2D eigenvalue weighted by atomic mass is 35.5. The van der Waals surface area contributed by atoms with Gasteiger partial charge >= 0.3 is 0 Å². The summed E-state index contributed by atoms with van der Waals surface area (Å²) < 4.78 is 1.83. The number of hydrogen-bond acceptors (Lipinski definition) is 3. The minimum absolute atomic E-state index is 0.602. The number of rotatable bonds is 5. The molecule has 1 aromatic heterocycles. The molecule has 0 aliphatic carbocycles. The van der Waals surface area contributed by atoms with E-state index in [0.29, 0.717) is 12.3 Å². The van der Waals surface area contributed by atoms with E-state index >= 15 is 0 Å². The van der Waals surface area contributed by atoms with Crippen LogP contribution in [0.25, 0.3) is 0 Å². The Morgan fingerprint density at radius 1 is 1.33 bits per heavy atom. The zero-order valence-corrected chi connectivity index (χ0v) is 14.4. The summed E-state index contributed by atoms with van der Waals surface area (Å²) in [5.74, 6) is 0.676. The molecule has 120 valence electrons. The summed E-state index contributed by atoms with van der Waals surface area (Å²) in [6.07, 6.45) is 3.05. The van der Waals surface area contributed by atoms with Gasteiger partial charge in [-0.05, 0) is 25.2 Å². The van der Waals surface area contributed by atoms with Crippen LogP contribution in [0.2, 0.25) is 5.02 Å². The molecule has 1 aliphatic rings. The minimum Gasteiger partial charge on any atom is -0.389 e. The highest BCUT2D eigenvalue weighted by Crippen LogP contribution is 2.30. The second kappa shape index (κ2) is 6.67. The van der Waals surface area contributed by atoms with Crippen molar-refractivity contribution in [2.75, 3.05) is 19.6 Å². The van der Waals surface area contributed by atoms with E-state index in [2.05, 4.69) is 30.8 Å². The van der Waals surface area contributed by atoms with Crippen molar-refractivity contribution < 1.29 is 5.11 Å². The maximum absolute atomic E-state index is 10.9. The SMILES string of the molecule is CCc1nn(C)c(CC2(O)CCN(CC(C)C)CC2)c1Cl. The molecule has 1 saturated heterocycles. The topological polar surface area (TPSA) is 41.3 Å². The lowest BCUT2D eigenvalue weighted by atomic mass is 9.86. The smallest absolute Gasteiger partial charge is 0.0850 e. The Kier molecular flexibility index (Phi) is 5.33. The van der Waals surface area contributed by atoms with Crippen molar-refractivity contribution in [3.63, 3.8) is 0 Å². The minimum atomic E-state index is -0.643. The number of hydrogen-bond donors (Lipinski definition) is 1. The number of piperidine rings is 1. The third kappa shape index (κ3) is 3.99. The van der Waals surface area contributed by atoms with Crippen LogP contribution in [0.3, 0.4) is 0 Å². The first-order chi connectivity index (χ1) is 9.84. The summed E-state index contributed by atoms with van der Waals surface area (Å²) in [6.45, 7) is 9.57. The number of likely N-dealkylation sites (tertiary alicyclic amines) is 1. The van der Waals surface area contributed by atoms with Gasteiger partial charge in [-0.15, -0.1) is 0 Å². The third-order valence-electron chi connectivity index (χ3n) is 4.41. The van der Waals surface area contributed by atoms with Crippen molar-refractivity contribution in [3.05, 3.63) is 16.4 Å². The second-order valence-electron chi connectivity index (χ2n) is 6.78. The van der Waals surface area contributed by atoms with Gasteiger partial charge in [0.05, 0.1) is 22.0 Å². The van der Waals surface area contributed by atoms with Gasteiger partial charge in [0.15, 0.2) is 0 Å². The molecule has 0 unspecified atom stereocenters. The fourth-order valence-corrected chi connectivity index (χ4v) is 3.53. The van der Waals surface area contributed by atoms with Gasteiger partial charge in [0, 0.05) is 33.1 Å². The molecule has 0 bridgehead atoms. The highest BCUT2D eigenvalue weighted by molar-refractivity contribution is 6.31. The van der Waals surface area contributed by atoms with Gasteiger partial charge < -0.3 is 10.0 Å². The van der Waals surface area contributed by atoms with Crippen LogP contribution in [0, 0.1) is 5.92 Å². The molecule has 21 heavy (non-hydrogen) atoms. The van der Waals surface area contributed by atoms with E-state index in [1.165, 1.54) is 0 Å². The Hall–Kier alpha value is -0.580. The van der Waals surface area contributed by atoms with Crippen molar-refractivity contribution >= 4 is 11.6 Å². The van der Waals surface area contributed by atoms with Crippen LogP contribution in [0.1, 0.15) is 45.0 Å². The number of aromatic nitrogens is 2. The Bertz CT molecular complexity index is 476. The lowest BCUT2D eigenvalue weighted by molar-refractivity contribution is -0.0239. The summed E-state index contributed by atoms with van der Waals surface area (Å²) >= 11 is 6.40. The van der Waals surface area contributed by atoms with Crippen molar-refractivity contribution in [1.82, 2.24) is 14.7 Å². The molecule has 0 spiro atoms. The number of halogens is 1. The molecule has 2 heterocycles. The van der Waals surface area contributed by atoms with Gasteiger partial charge in [-0.1, -0.05) is 32.4 Å². The van der Waals surface area contributed by atoms with Crippen LogP contribution in [0.4, 0.5) is 0 Å². The molecule has 0 atom stereocenters. The molecule has 1 aliphatic heterocycles. The van der Waals surface area contributed by atoms with E-state index < -0.39 is 5.60 Å². The van der Waals surface area contributed by atoms with E-state index in [1.54, 1.807) is 0 Å². The number of aryl methyl sites for hydroxylation is 2. The van der Waals surface area contributed by atoms with Crippen LogP contribution in [-0.4, -0.2) is 45.0 Å². The van der Waals surface area contributed by atoms with Crippen molar-refractivity contribution in [2.24, 2.45) is 13.0 Å². The zero-order chi connectivity index (χ0) is 15.6. The van der Waals surface area contributed by atoms with E-state index in [4.69, 9.17) is 11.6 Å². The van der Waals surface area contributed by atoms with Gasteiger partial charge in [0.25, 0.3) is 0 Å². The first kappa shape index (κ1) is 16.8. The molecule has 1 N–H and O–H groups in total. The summed E-state index contributed by atoms with van der Waals surface area (Å²) in [5.41, 5.74) is 1.25. The average Bonchev–Trinajstić information content (AvgIpc) is 2.68. The predicted octanol–water partition coefficient (Wildman–Crippen LogP) is 2.66. The maximum Gasteiger partial charge on any atom is 0.0850 e. The van der Waals surface area contributed by atoms with Crippen molar-refractivity contribution in [2.45, 2.75) is 52.1 Å². The summed E-state index contributed by atoms with van der Waals surface area (Å²) in [6, 6.07) is 0. The number of aliphatic hydroxyl groups is 1. The molecule has 1 fully saturated rings. The van der Waals surface area contributed by atoms with E-state index in [9.17, 15) is 5.11 Å². The molecule has 5 heteroatoms. The fourth-order valence-electron chi connectivity index (χ4n) is 3.17. The van der Waals surface area contributed by atoms with Gasteiger partial charge in [-0.3, -0.25) is 4.68 Å². The first-order valence-corrected chi connectivity index (χ1v) is 8.37. The predicted molar refractivity (Wildman–Crippen MR) is 86.8 cm³/mol. The molecular weight excluding hydrogens is 286 g/mol. The maximum atomic E-state index is 10.9. The van der Waals surface area contributed by atoms with Crippen LogP contribution < -0.4 is 0 Å². The number of nitrogens with zero attached hydrogens (tertiary/aromatic N) is 3. The van der Waals surface area contributed by atoms with E-state index in [1.807, 2.05) is 11.7 Å². The molecule has 0 saturated carbocycles. The molecule has 1 aromatic rings. The van der Waals surface area contributed by atoms with Crippen LogP contribution in [0.5, 0.6) is 0 Å². The van der Waals surface area contributed by atoms with Gasteiger partial charge in [0.2, 0.25) is 0 Å². The lowest BCUT2D eigenvalue weighted by Crippen LogP contribution is -2.46. The van der Waals surface area contributed by atoms with Crippen molar-refractivity contribution in [3.8, 4) is 0 Å². The largest absolute Gasteiger partial charge is 0.389 e. The third-order valence-corrected chi connectivity index (χ3v) is 4.85. The van der Waals surface area contributed by atoms with E-state index in [-0.39, 0.29) is 0 Å². The van der Waals surface area contributed by atoms with Gasteiger partial charge in [0.1, 0.15) is 0 Å². The first-order valence-electron chi connectivity index (χ1n) is 7.99. The van der Waals surface area contributed by atoms with Gasteiger partial charge in [-0.2, -0.15) is 5.10 Å². The fraction of sp³-hybridized carbons (Fsp3) is 0.812. The van der Waals surface area contributed by atoms with E-state index in [0.717, 1.165) is 55.3 Å². The molecule has 2 rings (SSSR count). The molecule has 4 nitrogen and oxygen atoms in total. The quantitative estimate of drug-likeness (QED) is 0.908. The average molecular weight is 314 g/mol. The molecule has 0 aromatic carbocycles. The van der Waals surface area contributed by atoms with Crippen LogP contribution in [-0.2, 0) is 19.9 Å². The standard InChI is InChI=1S/C16H28ClN3O/c1-5-13-15(17)14(19(4)18-13)10-16(21)6-8-20(9-7-16)11-12(2)3/h12,21H,5-11H2,1-4H3. The van der Waals surface area contributed by atoms with Gasteiger partial charge in [-0.25, -0.2) is 0 Å². The normalized spacial score (nSPS) is 19.4. The Morgan fingerprint density at radius 3 is 2.43 bits per heavy atom. The second-order valence-corrected chi connectivity index (χ2v) is 7.16. The molecule has 0 amide bonds. The summed E-state index contributed by atoms with van der Waals surface area (Å²) in [5, 5.41) is 16.1. The Balaban J connectivity index is 2.02. The van der Waals surface area contributed by atoms with Crippen LogP contribution in [0.15, 0.2) is 0 Å².